The smallest absolute Gasteiger partial charge is 0.295 e. The number of rotatable bonds is 7. The van der Waals surface area contributed by atoms with Gasteiger partial charge >= 0.3 is 0 Å². The topological polar surface area (TPSA) is 76.1 Å². The Kier molecular flexibility index (Phi) is 6.45. The molecule has 3 aromatic carbocycles. The summed E-state index contributed by atoms with van der Waals surface area (Å²) >= 11 is 0. The van der Waals surface area contributed by atoms with Crippen molar-refractivity contribution < 1.29 is 24.2 Å². The van der Waals surface area contributed by atoms with Crippen molar-refractivity contribution in [2.24, 2.45) is 0 Å². The van der Waals surface area contributed by atoms with Crippen molar-refractivity contribution in [2.45, 2.75) is 19.5 Å². The van der Waals surface area contributed by atoms with Gasteiger partial charge in [0.05, 0.1) is 25.3 Å². The Labute approximate surface area is 192 Å². The van der Waals surface area contributed by atoms with E-state index in [0.29, 0.717) is 29.2 Å². The number of ether oxygens (including phenoxy) is 2. The first kappa shape index (κ1) is 22.1. The molecule has 1 unspecified atom stereocenters. The van der Waals surface area contributed by atoms with Crippen molar-refractivity contribution in [2.75, 3.05) is 13.7 Å². The van der Waals surface area contributed by atoms with Gasteiger partial charge in [-0.1, -0.05) is 42.5 Å². The molecule has 0 radical (unpaired) electrons. The van der Waals surface area contributed by atoms with Crippen LogP contribution in [0.25, 0.3) is 5.76 Å². The summed E-state index contributed by atoms with van der Waals surface area (Å²) in [5.74, 6) is -0.342. The molecule has 1 aliphatic heterocycles. The first-order chi connectivity index (χ1) is 16.0. The van der Waals surface area contributed by atoms with Crippen LogP contribution in [0.5, 0.6) is 11.5 Å². The second-order valence-corrected chi connectivity index (χ2v) is 7.65. The minimum atomic E-state index is -0.758. The number of hydrogen-bond acceptors (Lipinski definition) is 5. The second-order valence-electron chi connectivity index (χ2n) is 7.65. The summed E-state index contributed by atoms with van der Waals surface area (Å²) in [4.78, 5) is 27.8. The number of benzene rings is 3. The molecule has 1 atom stereocenters. The van der Waals surface area contributed by atoms with Gasteiger partial charge in [-0.05, 0) is 54.4 Å². The summed E-state index contributed by atoms with van der Waals surface area (Å²) in [6.45, 7) is 2.63. The summed E-state index contributed by atoms with van der Waals surface area (Å²) in [5.41, 5.74) is 2.04. The molecule has 3 aromatic rings. The lowest BCUT2D eigenvalue weighted by atomic mass is 9.95. The number of amides is 1. The monoisotopic (exact) mass is 443 g/mol. The number of Topliss-reactive ketones (excluding diaryl/α,β-unsaturated/α-hetero) is 1. The third-order valence-electron chi connectivity index (χ3n) is 5.58. The minimum Gasteiger partial charge on any atom is -0.507 e. The van der Waals surface area contributed by atoms with Crippen LogP contribution in [0.1, 0.15) is 29.7 Å². The molecule has 6 nitrogen and oxygen atoms in total. The van der Waals surface area contributed by atoms with Crippen LogP contribution in [0.4, 0.5) is 0 Å². The molecule has 1 aliphatic rings. The van der Waals surface area contributed by atoms with Gasteiger partial charge in [-0.3, -0.25) is 9.59 Å². The van der Waals surface area contributed by atoms with Crippen LogP contribution in [-0.2, 0) is 16.1 Å². The highest BCUT2D eigenvalue weighted by Gasteiger charge is 2.46. The number of ketones is 1. The number of hydrogen-bond donors (Lipinski definition) is 1. The lowest BCUT2D eigenvalue weighted by Gasteiger charge is -2.25. The highest BCUT2D eigenvalue weighted by molar-refractivity contribution is 6.46. The molecule has 0 spiro atoms. The van der Waals surface area contributed by atoms with Gasteiger partial charge in [0.25, 0.3) is 11.7 Å². The van der Waals surface area contributed by atoms with E-state index in [-0.39, 0.29) is 17.9 Å². The van der Waals surface area contributed by atoms with Crippen LogP contribution in [0.2, 0.25) is 0 Å². The fraction of sp³-hybridized carbons (Fsp3) is 0.185. The van der Waals surface area contributed by atoms with Crippen molar-refractivity contribution in [1.82, 2.24) is 4.90 Å². The van der Waals surface area contributed by atoms with Gasteiger partial charge in [0.2, 0.25) is 0 Å². The molecular formula is C27H25NO5. The van der Waals surface area contributed by atoms with Crippen molar-refractivity contribution in [3.05, 3.63) is 101 Å². The third-order valence-corrected chi connectivity index (χ3v) is 5.58. The molecule has 1 heterocycles. The van der Waals surface area contributed by atoms with Crippen LogP contribution in [0.15, 0.2) is 84.4 Å². The molecule has 0 aliphatic carbocycles. The molecule has 1 saturated heterocycles. The van der Waals surface area contributed by atoms with Gasteiger partial charge in [-0.2, -0.15) is 0 Å². The SMILES string of the molecule is CCOc1ccc(C(O)=C2C(=O)C(=O)N(Cc3ccccc3)C2c2cccc(OC)c2)cc1. The normalized spacial score (nSPS) is 17.3. The third kappa shape index (κ3) is 4.46. The molecule has 1 amide bonds. The van der Waals surface area contributed by atoms with E-state index in [2.05, 4.69) is 0 Å². The summed E-state index contributed by atoms with van der Waals surface area (Å²) in [5, 5.41) is 11.2. The summed E-state index contributed by atoms with van der Waals surface area (Å²) in [6.07, 6.45) is 0. The standard InChI is InChI=1S/C27H25NO5/c1-3-33-21-14-12-19(13-15-21)25(29)23-24(20-10-7-11-22(16-20)32-2)28(27(31)26(23)30)17-18-8-5-4-6-9-18/h4-16,24,29H,3,17H2,1-2H3. The summed E-state index contributed by atoms with van der Waals surface area (Å²) in [7, 11) is 1.56. The highest BCUT2D eigenvalue weighted by Crippen LogP contribution is 2.41. The molecule has 0 saturated carbocycles. The van der Waals surface area contributed by atoms with Crippen molar-refractivity contribution in [3.8, 4) is 11.5 Å². The Morgan fingerprint density at radius 3 is 2.33 bits per heavy atom. The van der Waals surface area contributed by atoms with Crippen LogP contribution in [0, 0.1) is 0 Å². The van der Waals surface area contributed by atoms with Crippen LogP contribution < -0.4 is 9.47 Å². The average Bonchev–Trinajstić information content (AvgIpc) is 3.10. The number of nitrogens with zero attached hydrogens (tertiary/aromatic N) is 1. The molecular weight excluding hydrogens is 418 g/mol. The van der Waals surface area contributed by atoms with Gasteiger partial charge in [0.15, 0.2) is 0 Å². The van der Waals surface area contributed by atoms with E-state index < -0.39 is 17.7 Å². The molecule has 1 fully saturated rings. The average molecular weight is 443 g/mol. The lowest BCUT2D eigenvalue weighted by Crippen LogP contribution is -2.29. The fourth-order valence-corrected chi connectivity index (χ4v) is 4.01. The summed E-state index contributed by atoms with van der Waals surface area (Å²) in [6, 6.07) is 22.7. The maximum Gasteiger partial charge on any atom is 0.295 e. The van der Waals surface area contributed by atoms with Gasteiger partial charge in [0, 0.05) is 12.1 Å². The Morgan fingerprint density at radius 2 is 1.67 bits per heavy atom. The predicted octanol–water partition coefficient (Wildman–Crippen LogP) is 4.72. The van der Waals surface area contributed by atoms with E-state index in [4.69, 9.17) is 9.47 Å². The van der Waals surface area contributed by atoms with Crippen molar-refractivity contribution >= 4 is 17.4 Å². The quantitative estimate of drug-likeness (QED) is 0.325. The molecule has 4 rings (SSSR count). The molecule has 168 valence electrons. The Balaban J connectivity index is 1.83. The molecule has 33 heavy (non-hydrogen) atoms. The molecule has 6 heteroatoms. The summed E-state index contributed by atoms with van der Waals surface area (Å²) < 4.78 is 10.8. The zero-order valence-electron chi connectivity index (χ0n) is 18.5. The number of carbonyl (C=O) groups is 2. The van der Waals surface area contributed by atoms with Crippen LogP contribution in [-0.4, -0.2) is 35.4 Å². The molecule has 0 bridgehead atoms. The number of likely N-dealkylation sites (tertiary alicyclic amines) is 1. The Hall–Kier alpha value is -4.06. The highest BCUT2D eigenvalue weighted by atomic mass is 16.5. The van der Waals surface area contributed by atoms with E-state index in [1.165, 1.54) is 4.90 Å². The largest absolute Gasteiger partial charge is 0.507 e. The maximum atomic E-state index is 13.2. The Morgan fingerprint density at radius 1 is 0.939 bits per heavy atom. The molecule has 1 N–H and O–H groups in total. The first-order valence-corrected chi connectivity index (χ1v) is 10.7. The lowest BCUT2D eigenvalue weighted by molar-refractivity contribution is -0.140. The van der Waals surface area contributed by atoms with Crippen LogP contribution >= 0.6 is 0 Å². The van der Waals surface area contributed by atoms with Gasteiger partial charge in [0.1, 0.15) is 17.3 Å². The van der Waals surface area contributed by atoms with Gasteiger partial charge in [-0.15, -0.1) is 0 Å². The second kappa shape index (κ2) is 9.61. The van der Waals surface area contributed by atoms with Gasteiger partial charge in [-0.25, -0.2) is 0 Å². The van der Waals surface area contributed by atoms with E-state index in [0.717, 1.165) is 5.56 Å². The van der Waals surface area contributed by atoms with Crippen LogP contribution in [0.3, 0.4) is 0 Å². The van der Waals surface area contributed by atoms with E-state index in [1.54, 1.807) is 49.6 Å². The van der Waals surface area contributed by atoms with E-state index in [1.807, 2.05) is 43.3 Å². The van der Waals surface area contributed by atoms with Crippen molar-refractivity contribution in [3.63, 3.8) is 0 Å². The van der Waals surface area contributed by atoms with E-state index >= 15 is 0 Å². The Bertz CT molecular complexity index is 1180. The first-order valence-electron chi connectivity index (χ1n) is 10.7. The van der Waals surface area contributed by atoms with Gasteiger partial charge < -0.3 is 19.5 Å². The molecule has 0 aromatic heterocycles. The number of aliphatic hydroxyl groups excluding tert-OH is 1. The van der Waals surface area contributed by atoms with E-state index in [9.17, 15) is 14.7 Å². The maximum absolute atomic E-state index is 13.2. The van der Waals surface area contributed by atoms with Crippen molar-refractivity contribution in [1.29, 1.82) is 0 Å². The number of methoxy groups -OCH3 is 1. The minimum absolute atomic E-state index is 0.0494. The predicted molar refractivity (Wildman–Crippen MR) is 125 cm³/mol. The fourth-order valence-electron chi connectivity index (χ4n) is 4.01. The zero-order valence-corrected chi connectivity index (χ0v) is 18.5. The zero-order chi connectivity index (χ0) is 23.4. The number of aliphatic hydroxyl groups is 1. The number of carbonyl (C=O) groups excluding carboxylic acids is 2.